The highest BCUT2D eigenvalue weighted by Crippen LogP contribution is 2.23. The molecule has 1 atom stereocenters. The zero-order chi connectivity index (χ0) is 12.5. The van der Waals surface area contributed by atoms with Gasteiger partial charge < -0.3 is 0 Å². The molecule has 3 aromatic rings. The molecular formula is C14H11N3S. The highest BCUT2D eigenvalue weighted by Gasteiger charge is 2.07. The van der Waals surface area contributed by atoms with E-state index in [1.54, 1.807) is 11.3 Å². The fourth-order valence-electron chi connectivity index (χ4n) is 1.88. The largest absolute Gasteiger partial charge is 0.297 e. The summed E-state index contributed by atoms with van der Waals surface area (Å²) in [4.78, 5) is 5.55. The number of hydrogen-bond donors (Lipinski definition) is 0. The van der Waals surface area contributed by atoms with Crippen molar-refractivity contribution in [1.29, 1.82) is 5.26 Å². The molecule has 0 spiro atoms. The Morgan fingerprint density at radius 1 is 1.33 bits per heavy atom. The number of nitriles is 1. The van der Waals surface area contributed by atoms with E-state index in [2.05, 4.69) is 11.1 Å². The molecule has 88 valence electrons. The number of aromatic nitrogens is 2. The number of hydrogen-bond acceptors (Lipinski definition) is 3. The SMILES string of the molecule is CC(C#N)c1ccc(-c2cn3ccsc3n2)cc1. The third-order valence-corrected chi connectivity index (χ3v) is 3.76. The second-order valence-electron chi connectivity index (χ2n) is 4.19. The number of benzene rings is 1. The maximum Gasteiger partial charge on any atom is 0.194 e. The van der Waals surface area contributed by atoms with Crippen molar-refractivity contribution in [2.45, 2.75) is 12.8 Å². The number of fused-ring (bicyclic) bond motifs is 1. The minimum Gasteiger partial charge on any atom is -0.297 e. The van der Waals surface area contributed by atoms with Crippen LogP contribution in [0.5, 0.6) is 0 Å². The molecule has 0 aliphatic rings. The molecule has 3 rings (SSSR count). The van der Waals surface area contributed by atoms with Crippen molar-refractivity contribution in [3.8, 4) is 17.3 Å². The van der Waals surface area contributed by atoms with Gasteiger partial charge in [-0.25, -0.2) is 4.98 Å². The van der Waals surface area contributed by atoms with E-state index in [1.165, 1.54) is 0 Å². The lowest BCUT2D eigenvalue weighted by molar-refractivity contribution is 0.982. The van der Waals surface area contributed by atoms with E-state index in [0.29, 0.717) is 0 Å². The number of thiazole rings is 1. The topological polar surface area (TPSA) is 41.1 Å². The highest BCUT2D eigenvalue weighted by atomic mass is 32.1. The van der Waals surface area contributed by atoms with Gasteiger partial charge in [0.25, 0.3) is 0 Å². The molecule has 0 radical (unpaired) electrons. The van der Waals surface area contributed by atoms with E-state index in [-0.39, 0.29) is 5.92 Å². The van der Waals surface area contributed by atoms with E-state index in [0.717, 1.165) is 21.8 Å². The van der Waals surface area contributed by atoms with Gasteiger partial charge in [0, 0.05) is 23.3 Å². The van der Waals surface area contributed by atoms with Crippen molar-refractivity contribution in [2.24, 2.45) is 0 Å². The van der Waals surface area contributed by atoms with Gasteiger partial charge in [-0.1, -0.05) is 24.3 Å². The predicted octanol–water partition coefficient (Wildman–Crippen LogP) is 3.69. The Balaban J connectivity index is 1.98. The summed E-state index contributed by atoms with van der Waals surface area (Å²) in [5, 5.41) is 10.9. The Bertz CT molecular complexity index is 687. The second-order valence-corrected chi connectivity index (χ2v) is 5.06. The van der Waals surface area contributed by atoms with E-state index in [9.17, 15) is 0 Å². The zero-order valence-corrected chi connectivity index (χ0v) is 10.7. The first-order valence-electron chi connectivity index (χ1n) is 5.70. The summed E-state index contributed by atoms with van der Waals surface area (Å²) in [6.45, 7) is 1.90. The van der Waals surface area contributed by atoms with Crippen molar-refractivity contribution < 1.29 is 0 Å². The van der Waals surface area contributed by atoms with Crippen molar-refractivity contribution in [2.75, 3.05) is 0 Å². The van der Waals surface area contributed by atoms with E-state index >= 15 is 0 Å². The van der Waals surface area contributed by atoms with E-state index < -0.39 is 0 Å². The summed E-state index contributed by atoms with van der Waals surface area (Å²) in [7, 11) is 0. The summed E-state index contributed by atoms with van der Waals surface area (Å²) < 4.78 is 2.02. The Kier molecular flexibility index (Phi) is 2.62. The predicted molar refractivity (Wildman–Crippen MR) is 72.5 cm³/mol. The first-order valence-corrected chi connectivity index (χ1v) is 6.58. The van der Waals surface area contributed by atoms with E-state index in [4.69, 9.17) is 5.26 Å². The lowest BCUT2D eigenvalue weighted by Gasteiger charge is -2.03. The standard InChI is InChI=1S/C14H11N3S/c1-10(8-15)11-2-4-12(5-3-11)13-9-17-6-7-18-14(17)16-13/h2-7,9-10H,1H3. The second kappa shape index (κ2) is 4.28. The van der Waals surface area contributed by atoms with Gasteiger partial charge in [0.1, 0.15) is 0 Å². The molecule has 0 amide bonds. The highest BCUT2D eigenvalue weighted by molar-refractivity contribution is 7.15. The summed E-state index contributed by atoms with van der Waals surface area (Å²) in [5.74, 6) is -0.0652. The van der Waals surface area contributed by atoms with Crippen molar-refractivity contribution in [1.82, 2.24) is 9.38 Å². The molecular weight excluding hydrogens is 242 g/mol. The minimum atomic E-state index is -0.0652. The first-order chi connectivity index (χ1) is 8.78. The van der Waals surface area contributed by atoms with Gasteiger partial charge in [0.2, 0.25) is 0 Å². The van der Waals surface area contributed by atoms with Gasteiger partial charge in [-0.3, -0.25) is 4.40 Å². The van der Waals surface area contributed by atoms with Crippen LogP contribution in [0.1, 0.15) is 18.4 Å². The average molecular weight is 253 g/mol. The third kappa shape index (κ3) is 1.79. The smallest absolute Gasteiger partial charge is 0.194 e. The molecule has 18 heavy (non-hydrogen) atoms. The van der Waals surface area contributed by atoms with Gasteiger partial charge in [-0.15, -0.1) is 11.3 Å². The molecule has 3 nitrogen and oxygen atoms in total. The molecule has 0 N–H and O–H groups in total. The van der Waals surface area contributed by atoms with Gasteiger partial charge >= 0.3 is 0 Å². The van der Waals surface area contributed by atoms with Crippen LogP contribution >= 0.6 is 11.3 Å². The van der Waals surface area contributed by atoms with Crippen LogP contribution in [0.25, 0.3) is 16.2 Å². The fraction of sp³-hybridized carbons (Fsp3) is 0.143. The molecule has 2 heterocycles. The quantitative estimate of drug-likeness (QED) is 0.699. The van der Waals surface area contributed by atoms with E-state index in [1.807, 2.05) is 53.4 Å². The fourth-order valence-corrected chi connectivity index (χ4v) is 2.58. The normalized spacial score (nSPS) is 12.4. The van der Waals surface area contributed by atoms with Gasteiger partial charge in [0.05, 0.1) is 17.7 Å². The molecule has 0 saturated heterocycles. The third-order valence-electron chi connectivity index (χ3n) is 2.99. The summed E-state index contributed by atoms with van der Waals surface area (Å²) >= 11 is 1.62. The van der Waals surface area contributed by atoms with Crippen LogP contribution < -0.4 is 0 Å². The zero-order valence-electron chi connectivity index (χ0n) is 9.87. The maximum absolute atomic E-state index is 8.88. The first kappa shape index (κ1) is 11.0. The number of imidazole rings is 1. The Hall–Kier alpha value is -2.12. The molecule has 1 unspecified atom stereocenters. The monoisotopic (exact) mass is 253 g/mol. The van der Waals surface area contributed by atoms with Crippen LogP contribution in [0.4, 0.5) is 0 Å². The summed E-state index contributed by atoms with van der Waals surface area (Å²) in [5.41, 5.74) is 3.10. The Morgan fingerprint density at radius 2 is 2.11 bits per heavy atom. The van der Waals surface area contributed by atoms with Crippen LogP contribution in [-0.2, 0) is 0 Å². The molecule has 2 aromatic heterocycles. The molecule has 0 aliphatic carbocycles. The van der Waals surface area contributed by atoms with Crippen LogP contribution in [0.2, 0.25) is 0 Å². The van der Waals surface area contributed by atoms with Crippen molar-refractivity contribution in [3.05, 3.63) is 47.6 Å². The maximum atomic E-state index is 8.88. The number of nitrogens with zero attached hydrogens (tertiary/aromatic N) is 3. The molecule has 0 aliphatic heterocycles. The lowest BCUT2D eigenvalue weighted by atomic mass is 10.0. The van der Waals surface area contributed by atoms with Gasteiger partial charge in [-0.2, -0.15) is 5.26 Å². The lowest BCUT2D eigenvalue weighted by Crippen LogP contribution is -1.88. The van der Waals surface area contributed by atoms with Crippen molar-refractivity contribution in [3.63, 3.8) is 0 Å². The van der Waals surface area contributed by atoms with Gasteiger partial charge in [-0.05, 0) is 12.5 Å². The molecule has 4 heteroatoms. The minimum absolute atomic E-state index is 0.0652. The Morgan fingerprint density at radius 3 is 2.78 bits per heavy atom. The average Bonchev–Trinajstić information content (AvgIpc) is 2.99. The summed E-state index contributed by atoms with van der Waals surface area (Å²) in [6, 6.07) is 10.3. The molecule has 0 saturated carbocycles. The number of rotatable bonds is 2. The van der Waals surface area contributed by atoms with Gasteiger partial charge in [0.15, 0.2) is 4.96 Å². The van der Waals surface area contributed by atoms with Crippen LogP contribution in [0.3, 0.4) is 0 Å². The molecule has 1 aromatic carbocycles. The summed E-state index contributed by atoms with van der Waals surface area (Å²) in [6.07, 6.45) is 4.02. The molecule has 0 bridgehead atoms. The molecule has 0 fully saturated rings. The van der Waals surface area contributed by atoms with Crippen LogP contribution in [-0.4, -0.2) is 9.38 Å². The van der Waals surface area contributed by atoms with Crippen LogP contribution in [0, 0.1) is 11.3 Å². The van der Waals surface area contributed by atoms with Crippen LogP contribution in [0.15, 0.2) is 42.0 Å². The Labute approximate surface area is 109 Å². The van der Waals surface area contributed by atoms with Crippen molar-refractivity contribution >= 4 is 16.3 Å².